The Labute approximate surface area is 193 Å². The van der Waals surface area contributed by atoms with E-state index >= 15 is 0 Å². The molecule has 0 bridgehead atoms. The van der Waals surface area contributed by atoms with Crippen molar-refractivity contribution in [3.63, 3.8) is 0 Å². The van der Waals surface area contributed by atoms with Crippen LogP contribution in [0.15, 0.2) is 36.0 Å². The number of esters is 1. The summed E-state index contributed by atoms with van der Waals surface area (Å²) >= 11 is 0. The largest absolute Gasteiger partial charge is 0.469 e. The van der Waals surface area contributed by atoms with E-state index in [9.17, 15) is 4.79 Å². The third-order valence-electron chi connectivity index (χ3n) is 6.30. The molecule has 0 saturated heterocycles. The number of allylic oxidation sites excluding steroid dienone is 6. The molecule has 0 aliphatic heterocycles. The van der Waals surface area contributed by atoms with Crippen LogP contribution in [0.2, 0.25) is 0 Å². The van der Waals surface area contributed by atoms with Crippen molar-refractivity contribution in [1.29, 1.82) is 0 Å². The first kappa shape index (κ1) is 27.7. The highest BCUT2D eigenvalue weighted by Crippen LogP contribution is 2.42. The van der Waals surface area contributed by atoms with E-state index < -0.39 is 0 Å². The van der Waals surface area contributed by atoms with Gasteiger partial charge in [-0.2, -0.15) is 0 Å². The Kier molecular flexibility index (Phi) is 18.4. The fourth-order valence-corrected chi connectivity index (χ4v) is 4.11. The molecule has 0 spiro atoms. The van der Waals surface area contributed by atoms with E-state index in [-0.39, 0.29) is 5.97 Å². The molecule has 0 aromatic rings. The summed E-state index contributed by atoms with van der Waals surface area (Å²) in [4.78, 5) is 11.0. The normalized spacial score (nSPS) is 17.2. The highest BCUT2D eigenvalue weighted by atomic mass is 16.5. The van der Waals surface area contributed by atoms with E-state index in [0.29, 0.717) is 6.42 Å². The Hall–Kier alpha value is -1.31. The number of hydrogen-bond acceptors (Lipinski definition) is 2. The van der Waals surface area contributed by atoms with Gasteiger partial charge in [-0.25, -0.2) is 0 Å². The predicted molar refractivity (Wildman–Crippen MR) is 135 cm³/mol. The van der Waals surface area contributed by atoms with E-state index in [1.165, 1.54) is 103 Å². The SMILES string of the molecule is CCCCCCC=CCCCCCCCCC1CC1=CCCC=CCCCC(=O)OC. The molecule has 1 aliphatic rings. The van der Waals surface area contributed by atoms with Gasteiger partial charge in [-0.1, -0.05) is 94.2 Å². The van der Waals surface area contributed by atoms with Crippen molar-refractivity contribution < 1.29 is 9.53 Å². The molecule has 1 aliphatic carbocycles. The molecule has 0 heterocycles. The van der Waals surface area contributed by atoms with E-state index in [4.69, 9.17) is 0 Å². The standard InChI is InChI=1S/C29H50O2/c1-3-4-5-6-7-8-9-10-11-12-13-14-17-20-23-27-26-28(27)24-21-18-15-16-19-22-25-29(30)31-2/h8-9,15-16,24,27H,3-7,10-14,17-23,25-26H2,1-2H3. The summed E-state index contributed by atoms with van der Waals surface area (Å²) in [5.74, 6) is 0.806. The van der Waals surface area contributed by atoms with Gasteiger partial charge in [0.1, 0.15) is 0 Å². The summed E-state index contributed by atoms with van der Waals surface area (Å²) in [5, 5.41) is 0. The van der Waals surface area contributed by atoms with Crippen molar-refractivity contribution >= 4 is 5.97 Å². The van der Waals surface area contributed by atoms with Crippen LogP contribution in [0.3, 0.4) is 0 Å². The lowest BCUT2D eigenvalue weighted by molar-refractivity contribution is -0.140. The fourth-order valence-electron chi connectivity index (χ4n) is 4.11. The van der Waals surface area contributed by atoms with Crippen molar-refractivity contribution in [1.82, 2.24) is 0 Å². The maximum absolute atomic E-state index is 11.0. The second-order valence-electron chi connectivity index (χ2n) is 9.22. The first-order valence-electron chi connectivity index (χ1n) is 13.3. The van der Waals surface area contributed by atoms with Crippen LogP contribution in [0.5, 0.6) is 0 Å². The van der Waals surface area contributed by atoms with E-state index in [2.05, 4.69) is 42.0 Å². The summed E-state index contributed by atoms with van der Waals surface area (Å²) in [7, 11) is 1.45. The number of carbonyl (C=O) groups is 1. The number of carbonyl (C=O) groups excluding carboxylic acids is 1. The van der Waals surface area contributed by atoms with E-state index in [0.717, 1.165) is 25.2 Å². The van der Waals surface area contributed by atoms with Gasteiger partial charge in [-0.05, 0) is 70.1 Å². The minimum Gasteiger partial charge on any atom is -0.469 e. The van der Waals surface area contributed by atoms with E-state index in [1.54, 1.807) is 5.57 Å². The van der Waals surface area contributed by atoms with Gasteiger partial charge in [0.05, 0.1) is 7.11 Å². The molecule has 0 radical (unpaired) electrons. The van der Waals surface area contributed by atoms with Gasteiger partial charge in [0.25, 0.3) is 0 Å². The van der Waals surface area contributed by atoms with Gasteiger partial charge >= 0.3 is 5.97 Å². The Balaban J connectivity index is 1.82. The van der Waals surface area contributed by atoms with Crippen molar-refractivity contribution in [3.05, 3.63) is 36.0 Å². The first-order chi connectivity index (χ1) is 15.3. The van der Waals surface area contributed by atoms with Crippen LogP contribution >= 0.6 is 0 Å². The summed E-state index contributed by atoms with van der Waals surface area (Å²) in [6.07, 6.45) is 35.8. The number of methoxy groups -OCH3 is 1. The topological polar surface area (TPSA) is 26.3 Å². The number of rotatable bonds is 21. The van der Waals surface area contributed by atoms with Gasteiger partial charge in [-0.3, -0.25) is 4.79 Å². The molecule has 178 valence electrons. The Bertz CT molecular complexity index is 515. The average Bonchev–Trinajstić information content (AvgIpc) is 3.53. The summed E-state index contributed by atoms with van der Waals surface area (Å²) in [6.45, 7) is 2.28. The zero-order valence-electron chi connectivity index (χ0n) is 20.7. The summed E-state index contributed by atoms with van der Waals surface area (Å²) in [5.41, 5.74) is 1.71. The lowest BCUT2D eigenvalue weighted by Crippen LogP contribution is -1.98. The molecule has 1 rings (SSSR count). The van der Waals surface area contributed by atoms with Crippen LogP contribution in [0.4, 0.5) is 0 Å². The van der Waals surface area contributed by atoms with Crippen molar-refractivity contribution in [2.45, 2.75) is 129 Å². The molecule has 2 nitrogen and oxygen atoms in total. The van der Waals surface area contributed by atoms with Crippen LogP contribution in [-0.2, 0) is 9.53 Å². The number of ether oxygens (including phenoxy) is 1. The van der Waals surface area contributed by atoms with Crippen molar-refractivity contribution in [3.8, 4) is 0 Å². The average molecular weight is 431 g/mol. The molecule has 0 amide bonds. The fraction of sp³-hybridized carbons (Fsp3) is 0.759. The second kappa shape index (κ2) is 20.6. The number of hydrogen-bond donors (Lipinski definition) is 0. The van der Waals surface area contributed by atoms with Crippen LogP contribution in [0.1, 0.15) is 129 Å². The minimum atomic E-state index is -0.103. The third kappa shape index (κ3) is 18.0. The molecule has 2 heteroatoms. The van der Waals surface area contributed by atoms with Gasteiger partial charge < -0.3 is 4.74 Å². The van der Waals surface area contributed by atoms with Gasteiger partial charge in [0.15, 0.2) is 0 Å². The number of unbranched alkanes of at least 4 members (excludes halogenated alkanes) is 12. The van der Waals surface area contributed by atoms with Crippen LogP contribution < -0.4 is 0 Å². The Morgan fingerprint density at radius 3 is 2.03 bits per heavy atom. The summed E-state index contributed by atoms with van der Waals surface area (Å²) < 4.78 is 4.65. The van der Waals surface area contributed by atoms with E-state index in [1.807, 2.05) is 0 Å². The highest BCUT2D eigenvalue weighted by molar-refractivity contribution is 5.69. The first-order valence-corrected chi connectivity index (χ1v) is 13.3. The van der Waals surface area contributed by atoms with Gasteiger partial charge in [-0.15, -0.1) is 0 Å². The van der Waals surface area contributed by atoms with Crippen LogP contribution in [-0.4, -0.2) is 13.1 Å². The third-order valence-corrected chi connectivity index (χ3v) is 6.30. The van der Waals surface area contributed by atoms with Crippen LogP contribution in [0, 0.1) is 5.92 Å². The predicted octanol–water partition coefficient (Wildman–Crippen LogP) is 9.26. The zero-order chi connectivity index (χ0) is 22.4. The molecular formula is C29H50O2. The van der Waals surface area contributed by atoms with Crippen LogP contribution in [0.25, 0.3) is 0 Å². The highest BCUT2D eigenvalue weighted by Gasteiger charge is 2.27. The molecule has 1 fully saturated rings. The quantitative estimate of drug-likeness (QED) is 0.103. The Morgan fingerprint density at radius 1 is 0.774 bits per heavy atom. The van der Waals surface area contributed by atoms with Crippen molar-refractivity contribution in [2.24, 2.45) is 5.92 Å². The Morgan fingerprint density at radius 2 is 1.35 bits per heavy atom. The maximum Gasteiger partial charge on any atom is 0.305 e. The van der Waals surface area contributed by atoms with Crippen molar-refractivity contribution in [2.75, 3.05) is 7.11 Å². The molecule has 1 atom stereocenters. The monoisotopic (exact) mass is 430 g/mol. The summed E-state index contributed by atoms with van der Waals surface area (Å²) in [6, 6.07) is 0. The molecule has 1 saturated carbocycles. The molecule has 31 heavy (non-hydrogen) atoms. The molecule has 1 unspecified atom stereocenters. The smallest absolute Gasteiger partial charge is 0.305 e. The molecule has 0 aromatic carbocycles. The molecule has 0 aromatic heterocycles. The molecular weight excluding hydrogens is 380 g/mol. The zero-order valence-corrected chi connectivity index (χ0v) is 20.7. The maximum atomic E-state index is 11.0. The lowest BCUT2D eigenvalue weighted by Gasteiger charge is -2.00. The van der Waals surface area contributed by atoms with Gasteiger partial charge in [0, 0.05) is 6.42 Å². The molecule has 0 N–H and O–H groups in total. The van der Waals surface area contributed by atoms with Gasteiger partial charge in [0.2, 0.25) is 0 Å². The lowest BCUT2D eigenvalue weighted by atomic mass is 10.1. The minimum absolute atomic E-state index is 0.103. The second-order valence-corrected chi connectivity index (χ2v) is 9.22.